The van der Waals surface area contributed by atoms with Crippen molar-refractivity contribution in [1.29, 1.82) is 0 Å². The molecule has 6 aromatic rings. The SMILES string of the molecule is CN1CCC2(CCC(COc3cc4ncnc(Nc5ccc(F)c(Cl)c5)c4cc3N)O2)CC1.CN1CCC2(CCC(COc3cc4ncnc(Nc5ccc(F)c(Cl)c5)c4cc3[N+](=O)[O-])O2)CC1.[Fe]. The molecule has 4 saturated heterocycles. The Labute approximate surface area is 418 Å². The zero-order chi connectivity index (χ0) is 47.6. The van der Waals surface area contributed by atoms with Gasteiger partial charge in [-0.15, -0.1) is 0 Å². The molecule has 0 radical (unpaired) electrons. The molecule has 2 spiro atoms. The van der Waals surface area contributed by atoms with Gasteiger partial charge in [0.15, 0.2) is 5.75 Å². The fourth-order valence-electron chi connectivity index (χ4n) is 9.36. The van der Waals surface area contributed by atoms with Crippen molar-refractivity contribution in [3.8, 4) is 11.5 Å². The van der Waals surface area contributed by atoms with Crippen LogP contribution in [0.15, 0.2) is 73.3 Å². The second kappa shape index (κ2) is 21.4. The molecule has 4 aromatic carbocycles. The van der Waals surface area contributed by atoms with Crippen LogP contribution in [0.2, 0.25) is 10.0 Å². The van der Waals surface area contributed by atoms with E-state index in [9.17, 15) is 18.9 Å². The summed E-state index contributed by atoms with van der Waals surface area (Å²) in [5, 5.41) is 19.2. The van der Waals surface area contributed by atoms with Gasteiger partial charge in [0.05, 0.1) is 60.5 Å². The number of piperidine rings is 2. The summed E-state index contributed by atoms with van der Waals surface area (Å²) in [4.78, 5) is 33.1. The van der Waals surface area contributed by atoms with Gasteiger partial charge in [0.2, 0.25) is 0 Å². The number of aromatic nitrogens is 4. The maximum absolute atomic E-state index is 13.5. The van der Waals surface area contributed by atoms with Gasteiger partial charge < -0.3 is 45.1 Å². The van der Waals surface area contributed by atoms with Crippen LogP contribution in [-0.2, 0) is 26.5 Å². The molecule has 0 amide bonds. The first kappa shape index (κ1) is 50.2. The molecule has 2 atom stereocenters. The van der Waals surface area contributed by atoms with Crippen LogP contribution >= 0.6 is 23.2 Å². The number of hydrogen-bond donors (Lipinski definition) is 3. The van der Waals surface area contributed by atoms with E-state index in [4.69, 9.17) is 47.9 Å². The molecule has 4 aliphatic rings. The molecule has 0 bridgehead atoms. The molecule has 4 N–H and O–H groups in total. The van der Waals surface area contributed by atoms with Crippen LogP contribution in [0.25, 0.3) is 21.8 Å². The predicted molar refractivity (Wildman–Crippen MR) is 258 cm³/mol. The number of anilines is 5. The van der Waals surface area contributed by atoms with Gasteiger partial charge in [0.1, 0.15) is 54.9 Å². The minimum atomic E-state index is -0.546. The monoisotopic (exact) mass is 1030 g/mol. The fraction of sp³-hybridized carbons (Fsp3) is 0.417. The summed E-state index contributed by atoms with van der Waals surface area (Å²) in [6, 6.07) is 15.1. The minimum absolute atomic E-state index is 0. The Kier molecular flexibility index (Phi) is 15.6. The van der Waals surface area contributed by atoms with Crippen LogP contribution in [0, 0.1) is 21.7 Å². The Balaban J connectivity index is 0.000000184. The second-order valence-corrected chi connectivity index (χ2v) is 18.9. The summed E-state index contributed by atoms with van der Waals surface area (Å²) in [6.45, 7) is 4.84. The third-order valence-corrected chi connectivity index (χ3v) is 13.9. The molecule has 366 valence electrons. The quantitative estimate of drug-likeness (QED) is 0.0481. The van der Waals surface area contributed by atoms with Crippen LogP contribution in [-0.4, -0.2) is 112 Å². The Morgan fingerprint density at radius 1 is 0.710 bits per heavy atom. The molecule has 16 nitrogen and oxygen atoms in total. The van der Waals surface area contributed by atoms with E-state index in [0.29, 0.717) is 57.5 Å². The number of hydrogen-bond acceptors (Lipinski definition) is 15. The smallest absolute Gasteiger partial charge is 0.311 e. The van der Waals surface area contributed by atoms with Crippen molar-refractivity contribution >= 4 is 79.4 Å². The van der Waals surface area contributed by atoms with E-state index in [1.54, 1.807) is 12.1 Å². The van der Waals surface area contributed by atoms with Crippen molar-refractivity contribution in [2.75, 3.05) is 69.9 Å². The molecule has 2 aromatic heterocycles. The van der Waals surface area contributed by atoms with Crippen LogP contribution in [0.1, 0.15) is 51.4 Å². The minimum Gasteiger partial charge on any atom is -0.489 e. The van der Waals surface area contributed by atoms with Gasteiger partial charge >= 0.3 is 5.69 Å². The van der Waals surface area contributed by atoms with Gasteiger partial charge in [0.25, 0.3) is 0 Å². The van der Waals surface area contributed by atoms with Crippen molar-refractivity contribution in [3.05, 3.63) is 105 Å². The van der Waals surface area contributed by atoms with E-state index in [2.05, 4.69) is 54.5 Å². The molecule has 21 heteroatoms. The van der Waals surface area contributed by atoms with Crippen molar-refractivity contribution in [3.63, 3.8) is 0 Å². The molecule has 4 fully saturated rings. The maximum Gasteiger partial charge on any atom is 0.311 e. The predicted octanol–water partition coefficient (Wildman–Crippen LogP) is 9.86. The number of nitrogen functional groups attached to an aromatic ring is 1. The number of nitrogens with zero attached hydrogens (tertiary/aromatic N) is 7. The normalized spacial score (nSPS) is 19.8. The van der Waals surface area contributed by atoms with Gasteiger partial charge in [-0.05, 0) is 108 Å². The van der Waals surface area contributed by atoms with E-state index < -0.39 is 16.6 Å². The molecular formula is C48H52Cl2F2FeN10O6. The van der Waals surface area contributed by atoms with Gasteiger partial charge in [-0.25, -0.2) is 28.7 Å². The average Bonchev–Trinajstić information content (AvgIpc) is 3.93. The standard InChI is InChI=1S/C24H25ClFN5O4.C24H27ClFN5O2.Fe/c1-30-8-6-24(7-9-30)5-4-16(35-24)13-34-22-12-20-17(11-21(22)31(32)33)23(28-14-27-20)29-15-2-3-19(26)18(25)10-15;1-31-8-6-24(7-9-31)5-4-16(33-24)13-32-22-12-21-17(11-20(22)27)23(29-14-28-21)30-15-2-3-19(26)18(25)10-15;/h2-3,10-12,14,16H,4-9,13H2,1H3,(H,27,28,29);2-3,10-12,14,16H,4-9,13,27H2,1H3,(H,28,29,30);. The van der Waals surface area contributed by atoms with E-state index in [1.807, 2.05) is 6.07 Å². The number of ether oxygens (including phenoxy) is 4. The largest absolute Gasteiger partial charge is 0.489 e. The number of nitro benzene ring substituents is 1. The first-order valence-electron chi connectivity index (χ1n) is 22.6. The summed E-state index contributed by atoms with van der Waals surface area (Å²) >= 11 is 11.8. The Morgan fingerprint density at radius 2 is 1.16 bits per heavy atom. The molecule has 10 rings (SSSR count). The first-order valence-corrected chi connectivity index (χ1v) is 23.4. The van der Waals surface area contributed by atoms with Crippen molar-refractivity contribution < 1.29 is 49.7 Å². The molecular weight excluding hydrogens is 977 g/mol. The Hall–Kier alpha value is -5.24. The van der Waals surface area contributed by atoms with E-state index in [-0.39, 0.29) is 68.6 Å². The number of rotatable bonds is 11. The first-order chi connectivity index (χ1) is 32.7. The van der Waals surface area contributed by atoms with Crippen molar-refractivity contribution in [2.45, 2.75) is 74.8 Å². The summed E-state index contributed by atoms with van der Waals surface area (Å²) in [5.41, 5.74) is 8.75. The van der Waals surface area contributed by atoms with Gasteiger partial charge in [-0.1, -0.05) is 23.2 Å². The van der Waals surface area contributed by atoms with Gasteiger partial charge in [0, 0.05) is 78.2 Å². The molecule has 69 heavy (non-hydrogen) atoms. The van der Waals surface area contributed by atoms with Crippen LogP contribution < -0.4 is 25.8 Å². The summed E-state index contributed by atoms with van der Waals surface area (Å²) in [7, 11) is 4.27. The van der Waals surface area contributed by atoms with Crippen LogP contribution in [0.3, 0.4) is 0 Å². The zero-order valence-electron chi connectivity index (χ0n) is 38.0. The Morgan fingerprint density at radius 3 is 1.62 bits per heavy atom. The zero-order valence-corrected chi connectivity index (χ0v) is 40.6. The number of likely N-dealkylation sites (tertiary alicyclic amines) is 2. The summed E-state index contributed by atoms with van der Waals surface area (Å²) in [6.07, 6.45) is 10.8. The molecule has 2 unspecified atom stereocenters. The van der Waals surface area contributed by atoms with E-state index in [1.165, 1.54) is 55.1 Å². The van der Waals surface area contributed by atoms with E-state index >= 15 is 0 Å². The number of nitrogens with one attached hydrogen (secondary N) is 2. The third kappa shape index (κ3) is 11.7. The van der Waals surface area contributed by atoms with Crippen LogP contribution in [0.5, 0.6) is 11.5 Å². The second-order valence-electron chi connectivity index (χ2n) is 18.1. The number of halogens is 4. The Bertz CT molecular complexity index is 2820. The number of nitro groups is 1. The number of benzene rings is 4. The fourth-order valence-corrected chi connectivity index (χ4v) is 9.72. The summed E-state index contributed by atoms with van der Waals surface area (Å²) in [5.74, 6) is 0.554. The molecule has 6 heterocycles. The molecule has 4 aliphatic heterocycles. The van der Waals surface area contributed by atoms with Gasteiger partial charge in [-0.2, -0.15) is 0 Å². The maximum atomic E-state index is 13.5. The summed E-state index contributed by atoms with van der Waals surface area (Å²) < 4.78 is 51.7. The number of fused-ring (bicyclic) bond motifs is 2. The van der Waals surface area contributed by atoms with E-state index in [0.717, 1.165) is 82.9 Å². The number of nitrogens with two attached hydrogens (primary N) is 1. The average molecular weight is 1030 g/mol. The van der Waals surface area contributed by atoms with Crippen LogP contribution in [0.4, 0.5) is 43.2 Å². The van der Waals surface area contributed by atoms with Crippen molar-refractivity contribution in [1.82, 2.24) is 29.7 Å². The topological polar surface area (TPSA) is 188 Å². The molecule has 0 saturated carbocycles. The van der Waals surface area contributed by atoms with Gasteiger partial charge in [-0.3, -0.25) is 10.1 Å². The third-order valence-electron chi connectivity index (χ3n) is 13.4. The van der Waals surface area contributed by atoms with Crippen molar-refractivity contribution in [2.24, 2.45) is 0 Å². The molecule has 0 aliphatic carbocycles.